The molecule has 5 nitrogen and oxygen atoms in total. The minimum atomic E-state index is -0.120. The number of hydrogen-bond donors (Lipinski definition) is 0. The van der Waals surface area contributed by atoms with E-state index in [1.165, 1.54) is 0 Å². The summed E-state index contributed by atoms with van der Waals surface area (Å²) in [6, 6.07) is -0.120. The summed E-state index contributed by atoms with van der Waals surface area (Å²) in [6.45, 7) is 11.9. The first-order chi connectivity index (χ1) is 8.27. The predicted octanol–water partition coefficient (Wildman–Crippen LogP) is 2.42. The van der Waals surface area contributed by atoms with Crippen molar-refractivity contribution in [3.8, 4) is 0 Å². The second kappa shape index (κ2) is 16.3. The molecule has 0 aliphatic carbocycles. The Hall–Kier alpha value is 0.294. The molecule has 1 heterocycles. The molecular weight excluding hydrogens is 319 g/mol. The normalized spacial score (nSPS) is 14.1. The Morgan fingerprint density at radius 3 is 2.26 bits per heavy atom. The van der Waals surface area contributed by atoms with Gasteiger partial charge in [-0.1, -0.05) is 35.2 Å². The number of urea groups is 1. The van der Waals surface area contributed by atoms with Crippen molar-refractivity contribution in [3.63, 3.8) is 0 Å². The van der Waals surface area contributed by atoms with Gasteiger partial charge < -0.3 is 15.0 Å². The molecule has 1 rings (SSSR count). The van der Waals surface area contributed by atoms with E-state index >= 15 is 0 Å². The summed E-state index contributed by atoms with van der Waals surface area (Å²) < 4.78 is 5.26. The molecule has 2 amide bonds. The maximum atomic E-state index is 11.3. The zero-order valence-corrected chi connectivity index (χ0v) is 15.0. The third-order valence-corrected chi connectivity index (χ3v) is 2.63. The molecule has 0 aromatic heterocycles. The Labute approximate surface area is 144 Å². The molecule has 0 aromatic rings. The zero-order valence-electron chi connectivity index (χ0n) is 12.2. The molecule has 1 saturated heterocycles. The van der Waals surface area contributed by atoms with E-state index in [2.05, 4.69) is 10.2 Å². The molecule has 1 aliphatic rings. The quantitative estimate of drug-likeness (QED) is 0.783. The molecule has 0 N–H and O–H groups in total. The number of ether oxygens (including phenoxy) is 1. The average molecular weight is 349 g/mol. The molecule has 19 heavy (non-hydrogen) atoms. The predicted molar refractivity (Wildman–Crippen MR) is 77.3 cm³/mol. The second-order valence-electron chi connectivity index (χ2n) is 3.54. The summed E-state index contributed by atoms with van der Waals surface area (Å²) >= 11 is 0. The second-order valence-corrected chi connectivity index (χ2v) is 3.54. The molecule has 1 aliphatic heterocycles. The third kappa shape index (κ3) is 10.7. The van der Waals surface area contributed by atoms with Crippen molar-refractivity contribution >= 4 is 6.03 Å². The summed E-state index contributed by atoms with van der Waals surface area (Å²) in [5.41, 5.74) is 0. The Morgan fingerprint density at radius 1 is 1.32 bits per heavy atom. The van der Waals surface area contributed by atoms with Crippen LogP contribution in [0, 0.1) is 0 Å². The summed E-state index contributed by atoms with van der Waals surface area (Å²) in [6.07, 6.45) is 0. The standard InChI is InChI=1S/C10H21N3O2.C2H6.CH4.Y/c1-3-13(10(14)11-2)5-4-12-6-8-15-9-7-12;1-2;;/h3-9H2,1-2H3,(H,11,14);1-2H3;1H4;/p-1. The summed E-state index contributed by atoms with van der Waals surface area (Å²) in [5.74, 6) is 0. The average Bonchev–Trinajstić information content (AvgIpc) is 2.42. The first-order valence-corrected chi connectivity index (χ1v) is 6.46. The van der Waals surface area contributed by atoms with Crippen LogP contribution in [0.4, 0.5) is 4.79 Å². The van der Waals surface area contributed by atoms with Gasteiger partial charge in [-0.05, 0) is 19.6 Å². The minimum Gasteiger partial charge on any atom is -0.436 e. The Kier molecular flexibility index (Phi) is 20.9. The number of carbonyl (C=O) groups is 1. The number of nitrogens with zero attached hydrogens (tertiary/aromatic N) is 3. The third-order valence-electron chi connectivity index (χ3n) is 2.63. The molecule has 0 saturated carbocycles. The topological polar surface area (TPSA) is 46.9 Å². The largest absolute Gasteiger partial charge is 0.436 e. The van der Waals surface area contributed by atoms with E-state index in [1.54, 1.807) is 11.9 Å². The van der Waals surface area contributed by atoms with Gasteiger partial charge in [-0.2, -0.15) is 0 Å². The van der Waals surface area contributed by atoms with Gasteiger partial charge in [0.25, 0.3) is 0 Å². The van der Waals surface area contributed by atoms with Gasteiger partial charge in [0, 0.05) is 45.8 Å². The SMILES string of the molecule is C.CC.CCN(CCN1CCOCC1)C(=O)[N-]C.[Y]. The number of carbonyl (C=O) groups excluding carboxylic acids is 1. The first-order valence-electron chi connectivity index (χ1n) is 6.46. The van der Waals surface area contributed by atoms with Gasteiger partial charge in [-0.3, -0.25) is 9.69 Å². The van der Waals surface area contributed by atoms with Crippen LogP contribution in [0.2, 0.25) is 0 Å². The molecule has 6 heteroatoms. The number of hydrogen-bond acceptors (Lipinski definition) is 3. The summed E-state index contributed by atoms with van der Waals surface area (Å²) in [7, 11) is 1.54. The van der Waals surface area contributed by atoms with Gasteiger partial charge >= 0.3 is 0 Å². The number of morpholine rings is 1. The fraction of sp³-hybridized carbons (Fsp3) is 0.923. The van der Waals surface area contributed by atoms with Gasteiger partial charge in [0.2, 0.25) is 0 Å². The van der Waals surface area contributed by atoms with Gasteiger partial charge in [-0.25, -0.2) is 0 Å². The smallest absolute Gasteiger partial charge is 0.155 e. The van der Waals surface area contributed by atoms with Crippen LogP contribution in [0.15, 0.2) is 0 Å². The van der Waals surface area contributed by atoms with E-state index in [-0.39, 0.29) is 46.2 Å². The van der Waals surface area contributed by atoms with Gasteiger partial charge in [0.15, 0.2) is 6.03 Å². The summed E-state index contributed by atoms with van der Waals surface area (Å²) in [5, 5.41) is 3.67. The fourth-order valence-electron chi connectivity index (χ4n) is 1.62. The Bertz CT molecular complexity index is 200. The molecule has 1 fully saturated rings. The van der Waals surface area contributed by atoms with E-state index in [1.807, 2.05) is 20.8 Å². The van der Waals surface area contributed by atoms with Crippen LogP contribution >= 0.6 is 0 Å². The molecule has 0 aromatic carbocycles. The molecule has 113 valence electrons. The van der Waals surface area contributed by atoms with Gasteiger partial charge in [0.05, 0.1) is 13.2 Å². The first kappa shape index (κ1) is 24.3. The van der Waals surface area contributed by atoms with E-state index in [0.29, 0.717) is 0 Å². The van der Waals surface area contributed by atoms with Gasteiger partial charge in [0.1, 0.15) is 0 Å². The van der Waals surface area contributed by atoms with E-state index in [4.69, 9.17) is 4.74 Å². The van der Waals surface area contributed by atoms with Crippen LogP contribution in [-0.2, 0) is 37.4 Å². The molecule has 0 bridgehead atoms. The van der Waals surface area contributed by atoms with Crippen molar-refractivity contribution in [1.29, 1.82) is 0 Å². The molecule has 1 radical (unpaired) electrons. The maximum Gasteiger partial charge on any atom is 0.155 e. The van der Waals surface area contributed by atoms with E-state index in [0.717, 1.165) is 45.9 Å². The maximum absolute atomic E-state index is 11.3. The van der Waals surface area contributed by atoms with Crippen molar-refractivity contribution in [2.24, 2.45) is 0 Å². The minimum absolute atomic E-state index is 0. The molecule has 0 atom stereocenters. The van der Waals surface area contributed by atoms with Gasteiger partial charge in [-0.15, -0.1) is 0 Å². The van der Waals surface area contributed by atoms with Crippen LogP contribution in [0.25, 0.3) is 5.32 Å². The summed E-state index contributed by atoms with van der Waals surface area (Å²) in [4.78, 5) is 15.4. The molecule has 0 spiro atoms. The monoisotopic (exact) mass is 349 g/mol. The van der Waals surface area contributed by atoms with Crippen molar-refractivity contribution in [3.05, 3.63) is 5.32 Å². The van der Waals surface area contributed by atoms with Crippen molar-refractivity contribution in [2.75, 3.05) is 53.0 Å². The van der Waals surface area contributed by atoms with Crippen molar-refractivity contribution < 1.29 is 42.2 Å². The Balaban J connectivity index is -0.000000609. The van der Waals surface area contributed by atoms with Crippen molar-refractivity contribution in [2.45, 2.75) is 28.2 Å². The zero-order chi connectivity index (χ0) is 13.1. The number of amides is 2. The van der Waals surface area contributed by atoms with Crippen LogP contribution < -0.4 is 0 Å². The van der Waals surface area contributed by atoms with E-state index in [9.17, 15) is 4.79 Å². The number of rotatable bonds is 4. The van der Waals surface area contributed by atoms with Crippen LogP contribution in [0.3, 0.4) is 0 Å². The van der Waals surface area contributed by atoms with Crippen LogP contribution in [0.1, 0.15) is 28.2 Å². The molecular formula is C13H30N3O2Y-. The van der Waals surface area contributed by atoms with E-state index < -0.39 is 0 Å². The fourth-order valence-corrected chi connectivity index (χ4v) is 1.62. The molecule has 0 unspecified atom stereocenters. The Morgan fingerprint density at radius 2 is 1.84 bits per heavy atom. The number of likely N-dealkylation sites (N-methyl/N-ethyl adjacent to an activating group) is 1. The van der Waals surface area contributed by atoms with Crippen molar-refractivity contribution in [1.82, 2.24) is 9.80 Å². The van der Waals surface area contributed by atoms with Crippen LogP contribution in [0.5, 0.6) is 0 Å². The van der Waals surface area contributed by atoms with Crippen LogP contribution in [-0.4, -0.2) is 68.8 Å².